The molecule has 0 aromatic heterocycles. The minimum absolute atomic E-state index is 0.221. The smallest absolute Gasteiger partial charge is 0.183 e. The Bertz CT molecular complexity index is 121. The zero-order valence-electron chi connectivity index (χ0n) is 7.05. The van der Waals surface area contributed by atoms with Crippen molar-refractivity contribution in [1.29, 1.82) is 0 Å². The van der Waals surface area contributed by atoms with Crippen molar-refractivity contribution in [3.8, 4) is 0 Å². The molecule has 0 aliphatic carbocycles. The van der Waals surface area contributed by atoms with Gasteiger partial charge < -0.3 is 10.2 Å². The highest BCUT2D eigenvalue weighted by Crippen LogP contribution is 1.94. The van der Waals surface area contributed by atoms with Gasteiger partial charge >= 0.3 is 0 Å². The highest BCUT2D eigenvalue weighted by molar-refractivity contribution is 5.76. The van der Waals surface area contributed by atoms with Crippen molar-refractivity contribution >= 4 is 5.78 Å². The summed E-state index contributed by atoms with van der Waals surface area (Å²) in [6, 6.07) is 0. The molecule has 0 rings (SSSR count). The van der Waals surface area contributed by atoms with E-state index in [1.165, 1.54) is 0 Å². The normalized spacial score (nSPS) is 11.6. The van der Waals surface area contributed by atoms with Crippen LogP contribution in [0.2, 0.25) is 0 Å². The third-order valence-corrected chi connectivity index (χ3v) is 1.39. The number of rotatable bonds is 4. The van der Waals surface area contributed by atoms with Crippen LogP contribution in [0.4, 0.5) is 0 Å². The first kappa shape index (κ1) is 9.59. The molecule has 60 valence electrons. The number of carbonyl (C=O) groups is 1. The maximum absolute atomic E-state index is 10.7. The molecule has 0 aliphatic rings. The standard InChI is InChI=1S/C7H17N2O/c1-7(10)6-9(2,3)5-4-8/h4-6,8H2,1-3H3/q+1. The summed E-state index contributed by atoms with van der Waals surface area (Å²) in [5, 5.41) is 0. The Morgan fingerprint density at radius 2 is 2.00 bits per heavy atom. The number of likely N-dealkylation sites (N-methyl/N-ethyl adjacent to an activating group) is 1. The topological polar surface area (TPSA) is 43.1 Å². The van der Waals surface area contributed by atoms with Crippen LogP contribution in [0, 0.1) is 0 Å². The van der Waals surface area contributed by atoms with E-state index < -0.39 is 0 Å². The van der Waals surface area contributed by atoms with E-state index in [4.69, 9.17) is 5.73 Å². The first-order valence-electron chi connectivity index (χ1n) is 3.49. The highest BCUT2D eigenvalue weighted by atomic mass is 16.1. The molecule has 2 N–H and O–H groups in total. The van der Waals surface area contributed by atoms with E-state index in [0.717, 1.165) is 6.54 Å². The van der Waals surface area contributed by atoms with Crippen molar-refractivity contribution < 1.29 is 9.28 Å². The first-order chi connectivity index (χ1) is 4.48. The van der Waals surface area contributed by atoms with Crippen LogP contribution in [-0.4, -0.2) is 44.0 Å². The van der Waals surface area contributed by atoms with E-state index in [0.29, 0.717) is 17.6 Å². The highest BCUT2D eigenvalue weighted by Gasteiger charge is 2.15. The molecule has 0 heterocycles. The zero-order valence-corrected chi connectivity index (χ0v) is 7.05. The van der Waals surface area contributed by atoms with E-state index in [2.05, 4.69) is 0 Å². The Morgan fingerprint density at radius 1 is 1.50 bits per heavy atom. The molecule has 0 aliphatic heterocycles. The van der Waals surface area contributed by atoms with Crippen LogP contribution < -0.4 is 5.73 Å². The van der Waals surface area contributed by atoms with Crippen molar-refractivity contribution in [1.82, 2.24) is 0 Å². The second-order valence-electron chi connectivity index (χ2n) is 3.31. The van der Waals surface area contributed by atoms with Gasteiger partial charge in [-0.1, -0.05) is 0 Å². The number of nitrogens with zero attached hydrogens (tertiary/aromatic N) is 1. The fourth-order valence-electron chi connectivity index (χ4n) is 1.03. The molecule has 0 fully saturated rings. The summed E-state index contributed by atoms with van der Waals surface area (Å²) in [5.41, 5.74) is 5.36. The quantitative estimate of drug-likeness (QED) is 0.547. The zero-order chi connectivity index (χ0) is 8.20. The second kappa shape index (κ2) is 3.68. The lowest BCUT2D eigenvalue weighted by Gasteiger charge is -2.27. The van der Waals surface area contributed by atoms with Crippen LogP contribution in [0.3, 0.4) is 0 Å². The van der Waals surface area contributed by atoms with Crippen molar-refractivity contribution in [3.05, 3.63) is 0 Å². The van der Waals surface area contributed by atoms with E-state index in [1.807, 2.05) is 14.1 Å². The van der Waals surface area contributed by atoms with Gasteiger partial charge in [0, 0.05) is 13.5 Å². The summed E-state index contributed by atoms with van der Waals surface area (Å²) < 4.78 is 0.700. The summed E-state index contributed by atoms with van der Waals surface area (Å²) in [6.45, 7) is 3.69. The second-order valence-corrected chi connectivity index (χ2v) is 3.31. The van der Waals surface area contributed by atoms with Gasteiger partial charge in [-0.2, -0.15) is 0 Å². The van der Waals surface area contributed by atoms with E-state index >= 15 is 0 Å². The summed E-state index contributed by atoms with van der Waals surface area (Å²) in [5.74, 6) is 0.221. The minimum Gasteiger partial charge on any atom is -0.326 e. The lowest BCUT2D eigenvalue weighted by atomic mass is 10.3. The Kier molecular flexibility index (Phi) is 3.53. The molecule has 3 heteroatoms. The van der Waals surface area contributed by atoms with Gasteiger partial charge in [-0.05, 0) is 0 Å². The molecule has 0 amide bonds. The van der Waals surface area contributed by atoms with Gasteiger partial charge in [0.15, 0.2) is 5.78 Å². The Balaban J connectivity index is 3.74. The van der Waals surface area contributed by atoms with E-state index in [9.17, 15) is 4.79 Å². The third-order valence-electron chi connectivity index (χ3n) is 1.39. The summed E-state index contributed by atoms with van der Waals surface area (Å²) >= 11 is 0. The molecule has 0 aromatic carbocycles. The van der Waals surface area contributed by atoms with Crippen molar-refractivity contribution in [2.75, 3.05) is 33.7 Å². The molecule has 10 heavy (non-hydrogen) atoms. The number of carbonyl (C=O) groups excluding carboxylic acids is 1. The predicted molar refractivity (Wildman–Crippen MR) is 41.6 cm³/mol. The fraction of sp³-hybridized carbons (Fsp3) is 0.857. The Hall–Kier alpha value is -0.410. The number of ketones is 1. The Labute approximate surface area is 62.4 Å². The summed E-state index contributed by atoms with van der Waals surface area (Å²) in [6.07, 6.45) is 0. The molecule has 0 saturated heterocycles. The molecule has 0 saturated carbocycles. The van der Waals surface area contributed by atoms with Gasteiger partial charge in [-0.3, -0.25) is 4.79 Å². The van der Waals surface area contributed by atoms with Crippen molar-refractivity contribution in [2.45, 2.75) is 6.92 Å². The monoisotopic (exact) mass is 145 g/mol. The minimum atomic E-state index is 0.221. The molecule has 0 spiro atoms. The fourth-order valence-corrected chi connectivity index (χ4v) is 1.03. The van der Waals surface area contributed by atoms with Crippen molar-refractivity contribution in [3.63, 3.8) is 0 Å². The van der Waals surface area contributed by atoms with Gasteiger partial charge in [0.05, 0.1) is 20.6 Å². The average Bonchev–Trinajstić information content (AvgIpc) is 1.59. The van der Waals surface area contributed by atoms with Crippen LogP contribution in [-0.2, 0) is 4.79 Å². The summed E-state index contributed by atoms with van der Waals surface area (Å²) in [7, 11) is 4.02. The van der Waals surface area contributed by atoms with Crippen LogP contribution in [0.1, 0.15) is 6.92 Å². The number of hydrogen-bond acceptors (Lipinski definition) is 2. The van der Waals surface area contributed by atoms with Gasteiger partial charge in [-0.15, -0.1) is 0 Å². The number of hydrogen-bond donors (Lipinski definition) is 1. The van der Waals surface area contributed by atoms with Gasteiger partial charge in [0.1, 0.15) is 6.54 Å². The lowest BCUT2D eigenvalue weighted by molar-refractivity contribution is -0.880. The molecular weight excluding hydrogens is 128 g/mol. The van der Waals surface area contributed by atoms with E-state index in [1.54, 1.807) is 6.92 Å². The number of nitrogens with two attached hydrogens (primary N) is 1. The largest absolute Gasteiger partial charge is 0.326 e. The number of quaternary nitrogens is 1. The molecule has 3 nitrogen and oxygen atoms in total. The van der Waals surface area contributed by atoms with Crippen LogP contribution in [0.5, 0.6) is 0 Å². The molecule has 0 bridgehead atoms. The third kappa shape index (κ3) is 4.47. The number of Topliss-reactive ketones (excluding diaryl/α,β-unsaturated/α-hetero) is 1. The molecule has 0 aromatic rings. The predicted octanol–water partition coefficient (Wildman–Crippen LogP) is -0.389. The average molecular weight is 145 g/mol. The molecule has 0 atom stereocenters. The van der Waals surface area contributed by atoms with Crippen LogP contribution >= 0.6 is 0 Å². The first-order valence-corrected chi connectivity index (χ1v) is 3.49. The van der Waals surface area contributed by atoms with Crippen LogP contribution in [0.15, 0.2) is 0 Å². The molecule has 0 radical (unpaired) electrons. The lowest BCUT2D eigenvalue weighted by Crippen LogP contribution is -2.46. The SMILES string of the molecule is CC(=O)C[N+](C)(C)CCN. The Morgan fingerprint density at radius 3 is 2.30 bits per heavy atom. The maximum Gasteiger partial charge on any atom is 0.183 e. The van der Waals surface area contributed by atoms with E-state index in [-0.39, 0.29) is 5.78 Å². The molecule has 0 unspecified atom stereocenters. The van der Waals surface area contributed by atoms with Gasteiger partial charge in [-0.25, -0.2) is 0 Å². The summed E-state index contributed by atoms with van der Waals surface area (Å²) in [4.78, 5) is 10.7. The van der Waals surface area contributed by atoms with Crippen molar-refractivity contribution in [2.24, 2.45) is 5.73 Å². The molecular formula is C7H17N2O+. The van der Waals surface area contributed by atoms with Crippen LogP contribution in [0.25, 0.3) is 0 Å². The van der Waals surface area contributed by atoms with Gasteiger partial charge in [0.25, 0.3) is 0 Å². The van der Waals surface area contributed by atoms with Gasteiger partial charge in [0.2, 0.25) is 0 Å². The maximum atomic E-state index is 10.7.